The topological polar surface area (TPSA) is 22.1 Å². The minimum atomic E-state index is -0.383. The third kappa shape index (κ3) is 1.50. The maximum atomic E-state index is 6.27. The quantitative estimate of drug-likeness (QED) is 0.363. The van der Waals surface area contributed by atoms with Crippen LogP contribution in [0, 0.1) is 0 Å². The van der Waals surface area contributed by atoms with Crippen LogP contribution < -0.4 is 4.74 Å². The fourth-order valence-corrected chi connectivity index (χ4v) is 4.66. The number of rotatable bonds is 0. The van der Waals surface area contributed by atoms with Crippen molar-refractivity contribution in [3.8, 4) is 22.8 Å². The summed E-state index contributed by atoms with van der Waals surface area (Å²) in [6.45, 7) is 0. The van der Waals surface area contributed by atoms with E-state index in [9.17, 15) is 0 Å². The summed E-state index contributed by atoms with van der Waals surface area (Å²) < 4.78 is 6.27. The van der Waals surface area contributed by atoms with Crippen molar-refractivity contribution in [2.45, 2.75) is 5.41 Å². The van der Waals surface area contributed by atoms with Crippen LogP contribution in [0.15, 0.2) is 91.1 Å². The van der Waals surface area contributed by atoms with Crippen molar-refractivity contribution < 1.29 is 4.74 Å². The molecule has 0 saturated heterocycles. The number of fused-ring (bicyclic) bond motifs is 9. The van der Waals surface area contributed by atoms with Gasteiger partial charge in [0, 0.05) is 22.9 Å². The van der Waals surface area contributed by atoms with E-state index in [1.165, 1.54) is 27.8 Å². The molecule has 0 atom stereocenters. The van der Waals surface area contributed by atoms with Gasteiger partial charge in [-0.2, -0.15) is 0 Å². The van der Waals surface area contributed by atoms with Gasteiger partial charge >= 0.3 is 0 Å². The number of hydrogen-bond donors (Lipinski definition) is 0. The highest BCUT2D eigenvalue weighted by molar-refractivity contribution is 5.86. The summed E-state index contributed by atoms with van der Waals surface area (Å²) in [5.41, 5.74) is 6.74. The Morgan fingerprint density at radius 1 is 0.577 bits per heavy atom. The van der Waals surface area contributed by atoms with Crippen LogP contribution in [0.2, 0.25) is 0 Å². The van der Waals surface area contributed by atoms with Crippen LogP contribution in [0.5, 0.6) is 11.5 Å². The van der Waals surface area contributed by atoms with Gasteiger partial charge in [-0.05, 0) is 29.3 Å². The Hall–Kier alpha value is -3.39. The highest BCUT2D eigenvalue weighted by atomic mass is 16.5. The van der Waals surface area contributed by atoms with Crippen molar-refractivity contribution in [1.82, 2.24) is 4.98 Å². The van der Waals surface area contributed by atoms with Gasteiger partial charge in [0.25, 0.3) is 0 Å². The van der Waals surface area contributed by atoms with E-state index in [4.69, 9.17) is 9.72 Å². The van der Waals surface area contributed by atoms with E-state index in [0.29, 0.717) is 0 Å². The van der Waals surface area contributed by atoms with Gasteiger partial charge in [0.05, 0.1) is 11.1 Å². The number of benzene rings is 3. The molecule has 122 valence electrons. The molecule has 4 aromatic rings. The molecule has 1 aliphatic heterocycles. The average molecular weight is 333 g/mol. The normalized spacial score (nSPS) is 14.8. The van der Waals surface area contributed by atoms with Crippen LogP contribution in [-0.4, -0.2) is 4.98 Å². The minimum absolute atomic E-state index is 0.383. The molecule has 2 heterocycles. The Labute approximate surface area is 151 Å². The molecule has 0 radical (unpaired) electrons. The second kappa shape index (κ2) is 4.83. The fraction of sp³-hybridized carbons (Fsp3) is 0.0417. The third-order valence-corrected chi connectivity index (χ3v) is 5.60. The lowest BCUT2D eigenvalue weighted by molar-refractivity contribution is 0.436. The first-order valence-electron chi connectivity index (χ1n) is 8.83. The Balaban J connectivity index is 1.87. The third-order valence-electron chi connectivity index (χ3n) is 5.60. The Morgan fingerprint density at radius 3 is 1.88 bits per heavy atom. The molecule has 0 unspecified atom stereocenters. The van der Waals surface area contributed by atoms with Crippen LogP contribution in [0.4, 0.5) is 0 Å². The summed E-state index contributed by atoms with van der Waals surface area (Å²) in [7, 11) is 0. The van der Waals surface area contributed by atoms with E-state index < -0.39 is 0 Å². The molecule has 3 aromatic carbocycles. The first-order valence-corrected chi connectivity index (χ1v) is 8.83. The van der Waals surface area contributed by atoms with Crippen LogP contribution in [-0.2, 0) is 5.41 Å². The maximum Gasteiger partial charge on any atom is 0.132 e. The summed E-state index contributed by atoms with van der Waals surface area (Å²) in [6, 6.07) is 29.6. The summed E-state index contributed by atoms with van der Waals surface area (Å²) in [4.78, 5) is 4.76. The minimum Gasteiger partial charge on any atom is -0.457 e. The summed E-state index contributed by atoms with van der Waals surface area (Å²) in [5, 5.41) is 0. The lowest BCUT2D eigenvalue weighted by atomic mass is 9.66. The first kappa shape index (κ1) is 13.9. The summed E-state index contributed by atoms with van der Waals surface area (Å²) in [5.74, 6) is 1.83. The molecule has 2 heteroatoms. The first-order chi connectivity index (χ1) is 12.9. The van der Waals surface area contributed by atoms with Crippen LogP contribution in [0.3, 0.4) is 0 Å². The van der Waals surface area contributed by atoms with Crippen molar-refractivity contribution in [1.29, 1.82) is 0 Å². The van der Waals surface area contributed by atoms with Gasteiger partial charge in [0.2, 0.25) is 0 Å². The number of hydrogen-bond acceptors (Lipinski definition) is 2. The van der Waals surface area contributed by atoms with E-state index >= 15 is 0 Å². The SMILES string of the molecule is c1ccc2c(c1)Oc1ccccc1C21c2ccccc2-c2ncccc21. The van der Waals surface area contributed by atoms with Crippen LogP contribution >= 0.6 is 0 Å². The van der Waals surface area contributed by atoms with E-state index in [-0.39, 0.29) is 5.41 Å². The smallest absolute Gasteiger partial charge is 0.132 e. The number of aromatic nitrogens is 1. The molecule has 1 spiro atoms. The van der Waals surface area contributed by atoms with Crippen molar-refractivity contribution >= 4 is 0 Å². The lowest BCUT2D eigenvalue weighted by Crippen LogP contribution is -2.32. The molecule has 0 fully saturated rings. The highest BCUT2D eigenvalue weighted by Crippen LogP contribution is 2.61. The number of ether oxygens (including phenoxy) is 1. The fourth-order valence-electron chi connectivity index (χ4n) is 4.66. The van der Waals surface area contributed by atoms with Gasteiger partial charge in [0.1, 0.15) is 11.5 Å². The van der Waals surface area contributed by atoms with Crippen molar-refractivity contribution in [2.24, 2.45) is 0 Å². The van der Waals surface area contributed by atoms with E-state index in [2.05, 4.69) is 66.7 Å². The summed E-state index contributed by atoms with van der Waals surface area (Å²) in [6.07, 6.45) is 1.88. The zero-order valence-corrected chi connectivity index (χ0v) is 14.0. The van der Waals surface area contributed by atoms with Crippen molar-refractivity contribution in [2.75, 3.05) is 0 Å². The van der Waals surface area contributed by atoms with Crippen LogP contribution in [0.1, 0.15) is 22.3 Å². The standard InChI is InChI=1S/C24H15NO/c1-2-9-17-16(8-1)23-20(12-7-15-25-23)24(17)18-10-3-5-13-21(18)26-22-14-6-4-11-19(22)24/h1-15H. The van der Waals surface area contributed by atoms with Gasteiger partial charge < -0.3 is 4.74 Å². The predicted octanol–water partition coefficient (Wildman–Crippen LogP) is 5.55. The van der Waals surface area contributed by atoms with Gasteiger partial charge in [-0.1, -0.05) is 66.7 Å². The molecule has 2 aliphatic rings. The monoisotopic (exact) mass is 333 g/mol. The van der Waals surface area contributed by atoms with Gasteiger partial charge in [-0.3, -0.25) is 4.98 Å². The number of nitrogens with zero attached hydrogens (tertiary/aromatic N) is 1. The second-order valence-corrected chi connectivity index (χ2v) is 6.79. The molecule has 1 aliphatic carbocycles. The molecule has 0 amide bonds. The zero-order chi connectivity index (χ0) is 17.1. The molecule has 0 N–H and O–H groups in total. The largest absolute Gasteiger partial charge is 0.457 e. The Kier molecular flexibility index (Phi) is 2.57. The second-order valence-electron chi connectivity index (χ2n) is 6.79. The molecule has 0 bridgehead atoms. The van der Waals surface area contributed by atoms with Gasteiger partial charge in [0.15, 0.2) is 0 Å². The van der Waals surface area contributed by atoms with Crippen molar-refractivity contribution in [3.05, 3.63) is 113 Å². The zero-order valence-electron chi connectivity index (χ0n) is 14.0. The summed E-state index contributed by atoms with van der Waals surface area (Å²) >= 11 is 0. The molecule has 2 nitrogen and oxygen atoms in total. The van der Waals surface area contributed by atoms with Gasteiger partial charge in [-0.15, -0.1) is 0 Å². The van der Waals surface area contributed by atoms with Crippen molar-refractivity contribution in [3.63, 3.8) is 0 Å². The van der Waals surface area contributed by atoms with E-state index in [0.717, 1.165) is 17.2 Å². The average Bonchev–Trinajstić information content (AvgIpc) is 3.00. The predicted molar refractivity (Wildman–Crippen MR) is 102 cm³/mol. The van der Waals surface area contributed by atoms with Gasteiger partial charge in [-0.25, -0.2) is 0 Å². The lowest BCUT2D eigenvalue weighted by Gasteiger charge is -2.39. The molecule has 0 saturated carbocycles. The maximum absolute atomic E-state index is 6.27. The highest BCUT2D eigenvalue weighted by Gasteiger charge is 2.51. The molecular formula is C24H15NO. The van der Waals surface area contributed by atoms with E-state index in [1.807, 2.05) is 24.4 Å². The number of pyridine rings is 1. The van der Waals surface area contributed by atoms with E-state index in [1.54, 1.807) is 0 Å². The molecular weight excluding hydrogens is 318 g/mol. The molecule has 26 heavy (non-hydrogen) atoms. The van der Waals surface area contributed by atoms with Crippen LogP contribution in [0.25, 0.3) is 11.3 Å². The number of para-hydroxylation sites is 2. The Morgan fingerprint density at radius 2 is 1.15 bits per heavy atom. The molecule has 6 rings (SSSR count). The Bertz CT molecular complexity index is 1080. The molecule has 1 aromatic heterocycles.